The highest BCUT2D eigenvalue weighted by molar-refractivity contribution is 5.89. The molecule has 3 rings (SSSR count). The van der Waals surface area contributed by atoms with Crippen molar-refractivity contribution in [3.8, 4) is 0 Å². The van der Waals surface area contributed by atoms with Crippen LogP contribution >= 0.6 is 24.8 Å². The number of halogens is 2. The second-order valence-corrected chi connectivity index (χ2v) is 5.98. The van der Waals surface area contributed by atoms with Crippen molar-refractivity contribution in [2.24, 2.45) is 5.73 Å². The van der Waals surface area contributed by atoms with Crippen LogP contribution in [0.25, 0.3) is 0 Å². The number of carbonyl (C=O) groups excluding carboxylic acids is 1. The number of ether oxygens (including phenoxy) is 1. The molecule has 1 saturated carbocycles. The van der Waals surface area contributed by atoms with Crippen LogP contribution in [0.1, 0.15) is 30.4 Å². The maximum absolute atomic E-state index is 12.0. The predicted molar refractivity (Wildman–Crippen MR) is 92.2 cm³/mol. The Kier molecular flexibility index (Phi) is 7.35. The Bertz CT molecular complexity index is 514. The standard InChI is InChI=1S/C15H23N3O3.2ClH/c1-11-2-3-13(21-11)12(18-6-8-20-9-7-18)10-17-14(19)15(16)4-5-15;;/h2-3,12H,4-10,16H2,1H3,(H,17,19);2*1H. The molecule has 3 N–H and O–H groups in total. The first-order valence-electron chi connectivity index (χ1n) is 7.54. The van der Waals surface area contributed by atoms with Gasteiger partial charge in [-0.05, 0) is 31.9 Å². The molecule has 1 saturated heterocycles. The summed E-state index contributed by atoms with van der Waals surface area (Å²) in [5.74, 6) is 1.72. The van der Waals surface area contributed by atoms with Crippen molar-refractivity contribution in [1.29, 1.82) is 0 Å². The molecule has 23 heavy (non-hydrogen) atoms. The first-order chi connectivity index (χ1) is 10.1. The van der Waals surface area contributed by atoms with Crippen molar-refractivity contribution < 1.29 is 13.9 Å². The molecule has 0 spiro atoms. The fraction of sp³-hybridized carbons (Fsp3) is 0.667. The minimum absolute atomic E-state index is 0. The Morgan fingerprint density at radius 1 is 1.35 bits per heavy atom. The van der Waals surface area contributed by atoms with Gasteiger partial charge >= 0.3 is 0 Å². The van der Waals surface area contributed by atoms with Crippen LogP contribution < -0.4 is 11.1 Å². The minimum Gasteiger partial charge on any atom is -0.465 e. The first-order valence-corrected chi connectivity index (χ1v) is 7.54. The third-order valence-electron chi connectivity index (χ3n) is 4.27. The summed E-state index contributed by atoms with van der Waals surface area (Å²) in [4.78, 5) is 14.3. The maximum atomic E-state index is 12.0. The van der Waals surface area contributed by atoms with E-state index in [9.17, 15) is 4.79 Å². The maximum Gasteiger partial charge on any atom is 0.240 e. The van der Waals surface area contributed by atoms with Gasteiger partial charge < -0.3 is 20.2 Å². The summed E-state index contributed by atoms with van der Waals surface area (Å²) in [6.07, 6.45) is 1.56. The topological polar surface area (TPSA) is 80.7 Å². The molecule has 0 aromatic carbocycles. The lowest BCUT2D eigenvalue weighted by molar-refractivity contribution is -0.123. The van der Waals surface area contributed by atoms with Crippen LogP contribution in [0.15, 0.2) is 16.5 Å². The summed E-state index contributed by atoms with van der Waals surface area (Å²) in [5, 5.41) is 2.98. The van der Waals surface area contributed by atoms with Gasteiger partial charge in [0.15, 0.2) is 0 Å². The molecule has 1 aromatic heterocycles. The largest absolute Gasteiger partial charge is 0.465 e. The average Bonchev–Trinajstić information content (AvgIpc) is 3.11. The molecule has 0 bridgehead atoms. The quantitative estimate of drug-likeness (QED) is 0.824. The number of aryl methyl sites for hydroxylation is 1. The number of hydrogen-bond donors (Lipinski definition) is 2. The summed E-state index contributed by atoms with van der Waals surface area (Å²) in [6, 6.07) is 3.97. The van der Waals surface area contributed by atoms with Crippen molar-refractivity contribution in [3.05, 3.63) is 23.7 Å². The molecule has 2 fully saturated rings. The van der Waals surface area contributed by atoms with Gasteiger partial charge in [0, 0.05) is 19.6 Å². The van der Waals surface area contributed by atoms with E-state index in [0.717, 1.165) is 37.5 Å². The molecule has 1 atom stereocenters. The number of nitrogens with zero attached hydrogens (tertiary/aromatic N) is 1. The highest BCUT2D eigenvalue weighted by Gasteiger charge is 2.46. The zero-order valence-corrected chi connectivity index (χ0v) is 14.9. The van der Waals surface area contributed by atoms with Crippen molar-refractivity contribution in [2.75, 3.05) is 32.8 Å². The Balaban J connectivity index is 0.00000132. The molecule has 0 radical (unpaired) electrons. The SMILES string of the molecule is Cc1ccc(C(CNC(=O)C2(N)CC2)N2CCOCC2)o1.Cl.Cl. The van der Waals surface area contributed by atoms with Gasteiger partial charge in [-0.1, -0.05) is 0 Å². The van der Waals surface area contributed by atoms with E-state index in [-0.39, 0.29) is 36.8 Å². The van der Waals surface area contributed by atoms with Crippen molar-refractivity contribution in [2.45, 2.75) is 31.3 Å². The summed E-state index contributed by atoms with van der Waals surface area (Å²) in [7, 11) is 0. The summed E-state index contributed by atoms with van der Waals surface area (Å²) >= 11 is 0. The Morgan fingerprint density at radius 3 is 2.52 bits per heavy atom. The molecule has 1 unspecified atom stereocenters. The number of carbonyl (C=O) groups is 1. The van der Waals surface area contributed by atoms with E-state index in [1.54, 1.807) is 0 Å². The molecule has 1 amide bonds. The van der Waals surface area contributed by atoms with Gasteiger partial charge in [0.2, 0.25) is 5.91 Å². The van der Waals surface area contributed by atoms with Crippen LogP contribution in [0.5, 0.6) is 0 Å². The van der Waals surface area contributed by atoms with E-state index >= 15 is 0 Å². The molecular weight excluding hydrogens is 341 g/mol. The van der Waals surface area contributed by atoms with E-state index in [1.165, 1.54) is 0 Å². The first kappa shape index (κ1) is 20.3. The van der Waals surface area contributed by atoms with Crippen molar-refractivity contribution in [1.82, 2.24) is 10.2 Å². The molecule has 1 aromatic rings. The van der Waals surface area contributed by atoms with Gasteiger partial charge in [0.25, 0.3) is 0 Å². The normalized spacial score (nSPS) is 20.8. The van der Waals surface area contributed by atoms with E-state index in [1.807, 2.05) is 19.1 Å². The number of morpholine rings is 1. The fourth-order valence-corrected chi connectivity index (χ4v) is 2.66. The number of nitrogens with one attached hydrogen (secondary N) is 1. The van der Waals surface area contributed by atoms with Crippen molar-refractivity contribution in [3.63, 3.8) is 0 Å². The molecule has 1 aliphatic heterocycles. The number of rotatable bonds is 5. The van der Waals surface area contributed by atoms with Gasteiger partial charge in [-0.2, -0.15) is 0 Å². The third kappa shape index (κ3) is 4.84. The number of hydrogen-bond acceptors (Lipinski definition) is 5. The van der Waals surface area contributed by atoms with Crippen LogP contribution in [0, 0.1) is 6.92 Å². The smallest absolute Gasteiger partial charge is 0.240 e. The van der Waals surface area contributed by atoms with E-state index < -0.39 is 5.54 Å². The van der Waals surface area contributed by atoms with Crippen LogP contribution in [0.3, 0.4) is 0 Å². The lowest BCUT2D eigenvalue weighted by Gasteiger charge is -2.33. The Hall–Kier alpha value is -0.790. The molecule has 6 nitrogen and oxygen atoms in total. The zero-order valence-electron chi connectivity index (χ0n) is 13.2. The lowest BCUT2D eigenvalue weighted by atomic mass is 10.1. The molecule has 2 aliphatic rings. The van der Waals surface area contributed by atoms with E-state index in [0.29, 0.717) is 19.8 Å². The van der Waals surface area contributed by atoms with E-state index in [4.69, 9.17) is 14.9 Å². The second-order valence-electron chi connectivity index (χ2n) is 5.98. The van der Waals surface area contributed by atoms with Crippen LogP contribution in [-0.4, -0.2) is 49.2 Å². The van der Waals surface area contributed by atoms with Crippen LogP contribution in [0.4, 0.5) is 0 Å². The number of amides is 1. The molecule has 132 valence electrons. The fourth-order valence-electron chi connectivity index (χ4n) is 2.66. The number of furan rings is 1. The van der Waals surface area contributed by atoms with Crippen LogP contribution in [-0.2, 0) is 9.53 Å². The highest BCUT2D eigenvalue weighted by Crippen LogP contribution is 2.32. The molecule has 2 heterocycles. The highest BCUT2D eigenvalue weighted by atomic mass is 35.5. The molecule has 1 aliphatic carbocycles. The van der Waals surface area contributed by atoms with Gasteiger partial charge in [0.1, 0.15) is 11.5 Å². The average molecular weight is 366 g/mol. The Labute approximate surface area is 148 Å². The number of nitrogens with two attached hydrogens (primary N) is 1. The van der Waals surface area contributed by atoms with Crippen LogP contribution in [0.2, 0.25) is 0 Å². The van der Waals surface area contributed by atoms with Crippen molar-refractivity contribution >= 4 is 30.7 Å². The predicted octanol–water partition coefficient (Wildman–Crippen LogP) is 1.41. The Morgan fingerprint density at radius 2 is 2.00 bits per heavy atom. The molecule has 8 heteroatoms. The van der Waals surface area contributed by atoms with Gasteiger partial charge in [-0.3, -0.25) is 9.69 Å². The van der Waals surface area contributed by atoms with Gasteiger partial charge in [-0.15, -0.1) is 24.8 Å². The molecular formula is C15H25Cl2N3O3. The van der Waals surface area contributed by atoms with Gasteiger partial charge in [0.05, 0.1) is 24.8 Å². The summed E-state index contributed by atoms with van der Waals surface area (Å²) in [6.45, 7) is 5.56. The summed E-state index contributed by atoms with van der Waals surface area (Å²) in [5.41, 5.74) is 5.30. The van der Waals surface area contributed by atoms with E-state index in [2.05, 4.69) is 10.2 Å². The zero-order chi connectivity index (χ0) is 14.9. The summed E-state index contributed by atoms with van der Waals surface area (Å²) < 4.78 is 11.2. The van der Waals surface area contributed by atoms with Gasteiger partial charge in [-0.25, -0.2) is 0 Å². The second kappa shape index (κ2) is 8.35. The lowest BCUT2D eigenvalue weighted by Crippen LogP contribution is -2.48. The minimum atomic E-state index is -0.630. The third-order valence-corrected chi connectivity index (χ3v) is 4.27. The monoisotopic (exact) mass is 365 g/mol.